The number of rotatable bonds is 4. The van der Waals surface area contributed by atoms with Gasteiger partial charge in [-0.25, -0.2) is 17.5 Å². The van der Waals surface area contributed by atoms with Gasteiger partial charge in [0.1, 0.15) is 5.82 Å². The SMILES string of the molecule is Cc1cc(F)cc(S(=O)(=O)N[C@@H]2C[C@H](C(=O)O)[C@H]3C[C@H]32)c1. The van der Waals surface area contributed by atoms with Crippen LogP contribution in [0.25, 0.3) is 0 Å². The fourth-order valence-corrected chi connectivity index (χ4v) is 4.74. The van der Waals surface area contributed by atoms with E-state index in [-0.39, 0.29) is 22.8 Å². The van der Waals surface area contributed by atoms with Gasteiger partial charge in [0.15, 0.2) is 0 Å². The van der Waals surface area contributed by atoms with E-state index in [2.05, 4.69) is 4.72 Å². The summed E-state index contributed by atoms with van der Waals surface area (Å²) in [6.45, 7) is 1.62. The number of hydrogen-bond acceptors (Lipinski definition) is 3. The Labute approximate surface area is 122 Å². The van der Waals surface area contributed by atoms with Crippen LogP contribution in [0.15, 0.2) is 23.1 Å². The van der Waals surface area contributed by atoms with Gasteiger partial charge in [-0.05, 0) is 55.4 Å². The smallest absolute Gasteiger partial charge is 0.306 e. The first-order chi connectivity index (χ1) is 9.78. The van der Waals surface area contributed by atoms with Gasteiger partial charge in [0.05, 0.1) is 10.8 Å². The number of benzene rings is 1. The molecular weight excluding hydrogens is 297 g/mol. The molecule has 1 aromatic rings. The van der Waals surface area contributed by atoms with Crippen molar-refractivity contribution in [1.29, 1.82) is 0 Å². The molecule has 2 N–H and O–H groups in total. The Morgan fingerprint density at radius 3 is 2.57 bits per heavy atom. The summed E-state index contributed by atoms with van der Waals surface area (Å²) in [6, 6.07) is 3.26. The van der Waals surface area contributed by atoms with E-state index in [1.807, 2.05) is 0 Å². The molecule has 0 radical (unpaired) electrons. The summed E-state index contributed by atoms with van der Waals surface area (Å²) < 4.78 is 40.5. The van der Waals surface area contributed by atoms with Gasteiger partial charge < -0.3 is 5.11 Å². The fraction of sp³-hybridized carbons (Fsp3) is 0.500. The lowest BCUT2D eigenvalue weighted by molar-refractivity contribution is -0.142. The summed E-state index contributed by atoms with van der Waals surface area (Å²) >= 11 is 0. The second-order valence-corrected chi connectivity index (χ2v) is 7.65. The maximum absolute atomic E-state index is 13.4. The maximum atomic E-state index is 13.4. The highest BCUT2D eigenvalue weighted by Crippen LogP contribution is 2.55. The van der Waals surface area contributed by atoms with E-state index >= 15 is 0 Å². The van der Waals surface area contributed by atoms with Crippen LogP contribution in [0.5, 0.6) is 0 Å². The highest BCUT2D eigenvalue weighted by molar-refractivity contribution is 7.89. The molecule has 2 aliphatic rings. The number of aliphatic carboxylic acids is 1. The molecule has 2 saturated carbocycles. The van der Waals surface area contributed by atoms with Crippen LogP contribution in [0.3, 0.4) is 0 Å². The summed E-state index contributed by atoms with van der Waals surface area (Å²) in [4.78, 5) is 11.0. The number of nitrogens with one attached hydrogen (secondary N) is 1. The maximum Gasteiger partial charge on any atom is 0.306 e. The third-order valence-corrected chi connectivity index (χ3v) is 5.85. The third-order valence-electron chi connectivity index (χ3n) is 4.38. The molecule has 0 saturated heterocycles. The standard InChI is InChI=1S/C14H16FNO4S/c1-7-2-8(15)4-9(3-7)21(19,20)16-13-6-12(14(17)18)10-5-11(10)13/h2-4,10-13,16H,5-6H2,1H3,(H,17,18)/t10-,11+,12-,13+/m0/s1. The molecule has 0 bridgehead atoms. The highest BCUT2D eigenvalue weighted by atomic mass is 32.2. The number of carboxylic acids is 1. The van der Waals surface area contributed by atoms with Crippen molar-refractivity contribution >= 4 is 16.0 Å². The summed E-state index contributed by atoms with van der Waals surface area (Å²) in [6.07, 6.45) is 1.05. The van der Waals surface area contributed by atoms with Crippen molar-refractivity contribution in [3.8, 4) is 0 Å². The zero-order valence-electron chi connectivity index (χ0n) is 11.4. The van der Waals surface area contributed by atoms with E-state index in [1.165, 1.54) is 12.1 Å². The highest BCUT2D eigenvalue weighted by Gasteiger charge is 2.57. The monoisotopic (exact) mass is 313 g/mol. The van der Waals surface area contributed by atoms with Crippen LogP contribution >= 0.6 is 0 Å². The van der Waals surface area contributed by atoms with Crippen LogP contribution in [0, 0.1) is 30.5 Å². The first-order valence-electron chi connectivity index (χ1n) is 6.80. The van der Waals surface area contributed by atoms with Gasteiger partial charge in [0, 0.05) is 6.04 Å². The molecule has 0 unspecified atom stereocenters. The summed E-state index contributed by atoms with van der Waals surface area (Å²) in [5.74, 6) is -1.78. The van der Waals surface area contributed by atoms with Gasteiger partial charge in [0.25, 0.3) is 0 Å². The molecule has 0 amide bonds. The van der Waals surface area contributed by atoms with E-state index in [1.54, 1.807) is 6.92 Å². The predicted octanol–water partition coefficient (Wildman–Crippen LogP) is 1.52. The van der Waals surface area contributed by atoms with Crippen molar-refractivity contribution in [3.63, 3.8) is 0 Å². The molecule has 21 heavy (non-hydrogen) atoms. The first-order valence-corrected chi connectivity index (χ1v) is 8.28. The molecule has 5 nitrogen and oxygen atoms in total. The molecule has 2 aliphatic carbocycles. The van der Waals surface area contributed by atoms with Gasteiger partial charge in [0.2, 0.25) is 10.0 Å². The Balaban J connectivity index is 1.80. The van der Waals surface area contributed by atoms with Crippen molar-refractivity contribution < 1.29 is 22.7 Å². The Bertz CT molecular complexity index is 683. The predicted molar refractivity (Wildman–Crippen MR) is 72.6 cm³/mol. The van der Waals surface area contributed by atoms with Crippen LogP contribution in [-0.2, 0) is 14.8 Å². The molecule has 1 aromatic carbocycles. The molecule has 114 valence electrons. The molecule has 0 aromatic heterocycles. The van der Waals surface area contributed by atoms with Gasteiger partial charge in [-0.3, -0.25) is 4.79 Å². The fourth-order valence-electron chi connectivity index (χ4n) is 3.33. The molecule has 7 heteroatoms. The first kappa shape index (κ1) is 14.5. The molecule has 2 fully saturated rings. The van der Waals surface area contributed by atoms with Crippen LogP contribution in [0.4, 0.5) is 4.39 Å². The zero-order valence-corrected chi connectivity index (χ0v) is 12.2. The van der Waals surface area contributed by atoms with Crippen molar-refractivity contribution in [3.05, 3.63) is 29.6 Å². The van der Waals surface area contributed by atoms with E-state index in [0.717, 1.165) is 12.5 Å². The largest absolute Gasteiger partial charge is 0.481 e. The number of carboxylic acid groups (broad SMARTS) is 1. The average molecular weight is 313 g/mol. The third kappa shape index (κ3) is 2.67. The minimum absolute atomic E-state index is 0.0736. The number of sulfonamides is 1. The number of carbonyl (C=O) groups is 1. The van der Waals surface area contributed by atoms with Gasteiger partial charge in [-0.2, -0.15) is 0 Å². The van der Waals surface area contributed by atoms with E-state index in [4.69, 9.17) is 5.11 Å². The van der Waals surface area contributed by atoms with Crippen LogP contribution in [0.1, 0.15) is 18.4 Å². The number of aryl methyl sites for hydroxylation is 1. The topological polar surface area (TPSA) is 83.5 Å². The van der Waals surface area contributed by atoms with E-state index in [0.29, 0.717) is 12.0 Å². The van der Waals surface area contributed by atoms with Gasteiger partial charge in [-0.15, -0.1) is 0 Å². The van der Waals surface area contributed by atoms with Crippen molar-refractivity contribution in [2.75, 3.05) is 0 Å². The Morgan fingerprint density at radius 2 is 2.00 bits per heavy atom. The number of hydrogen-bond donors (Lipinski definition) is 2. The van der Waals surface area contributed by atoms with Crippen molar-refractivity contribution in [2.45, 2.75) is 30.7 Å². The van der Waals surface area contributed by atoms with Gasteiger partial charge in [-0.1, -0.05) is 0 Å². The minimum Gasteiger partial charge on any atom is -0.481 e. The van der Waals surface area contributed by atoms with Crippen LogP contribution in [0.2, 0.25) is 0 Å². The lowest BCUT2D eigenvalue weighted by atomic mass is 10.0. The quantitative estimate of drug-likeness (QED) is 0.883. The average Bonchev–Trinajstić information content (AvgIpc) is 3.06. The molecule has 0 aliphatic heterocycles. The summed E-state index contributed by atoms with van der Waals surface area (Å²) in [5, 5.41) is 9.09. The molecule has 0 spiro atoms. The Hall–Kier alpha value is -1.47. The van der Waals surface area contributed by atoms with Gasteiger partial charge >= 0.3 is 5.97 Å². The minimum atomic E-state index is -3.83. The molecule has 4 atom stereocenters. The number of halogens is 1. The second kappa shape index (κ2) is 4.78. The van der Waals surface area contributed by atoms with Crippen LogP contribution < -0.4 is 4.72 Å². The van der Waals surface area contributed by atoms with E-state index < -0.39 is 27.7 Å². The number of fused-ring (bicyclic) bond motifs is 1. The lowest BCUT2D eigenvalue weighted by Gasteiger charge is -2.16. The van der Waals surface area contributed by atoms with Crippen LogP contribution in [-0.4, -0.2) is 25.5 Å². The lowest BCUT2D eigenvalue weighted by Crippen LogP contribution is -2.36. The molecular formula is C14H16FNO4S. The Kier molecular flexibility index (Phi) is 3.29. The molecule has 3 rings (SSSR count). The summed E-state index contributed by atoms with van der Waals surface area (Å²) in [5.41, 5.74) is 0.523. The second-order valence-electron chi connectivity index (χ2n) is 5.94. The normalized spacial score (nSPS) is 31.0. The van der Waals surface area contributed by atoms with Crippen molar-refractivity contribution in [1.82, 2.24) is 4.72 Å². The molecule has 0 heterocycles. The van der Waals surface area contributed by atoms with E-state index in [9.17, 15) is 17.6 Å². The van der Waals surface area contributed by atoms with Crippen molar-refractivity contribution in [2.24, 2.45) is 17.8 Å². The zero-order chi connectivity index (χ0) is 15.4. The Morgan fingerprint density at radius 1 is 1.29 bits per heavy atom. The summed E-state index contributed by atoms with van der Waals surface area (Å²) in [7, 11) is -3.83.